The Bertz CT molecular complexity index is 4120. The van der Waals surface area contributed by atoms with Crippen molar-refractivity contribution in [2.75, 3.05) is 9.71 Å². The van der Waals surface area contributed by atoms with Crippen molar-refractivity contribution in [3.63, 3.8) is 0 Å². The summed E-state index contributed by atoms with van der Waals surface area (Å²) < 4.78 is 2.80. The van der Waals surface area contributed by atoms with Crippen molar-refractivity contribution in [3.8, 4) is 22.3 Å². The van der Waals surface area contributed by atoms with E-state index in [4.69, 9.17) is 0 Å². The molecule has 0 N–H and O–H groups in total. The molecule has 1 aromatic heterocycles. The molecule has 7 aromatic carbocycles. The monoisotopic (exact) mass is 1080 g/mol. The van der Waals surface area contributed by atoms with Gasteiger partial charge in [-0.15, -0.1) is 11.3 Å². The van der Waals surface area contributed by atoms with Gasteiger partial charge < -0.3 is 9.71 Å². The smallest absolute Gasteiger partial charge is 0.333 e. The molecule has 0 saturated heterocycles. The number of hydrogen-bond acceptors (Lipinski definition) is 3. The van der Waals surface area contributed by atoms with Crippen LogP contribution in [-0.2, 0) is 48.7 Å². The number of fused-ring (bicyclic) bond motifs is 15. The maximum Gasteiger partial charge on any atom is 0.333 e. The van der Waals surface area contributed by atoms with Crippen LogP contribution in [0.2, 0.25) is 0 Å². The van der Waals surface area contributed by atoms with Crippen LogP contribution in [0.3, 0.4) is 0 Å². The van der Waals surface area contributed by atoms with Gasteiger partial charge in [0.1, 0.15) is 0 Å². The van der Waals surface area contributed by atoms with Crippen LogP contribution >= 0.6 is 11.3 Å². The molecule has 8 aromatic rings. The Kier molecular flexibility index (Phi) is 10.3. The van der Waals surface area contributed by atoms with E-state index in [9.17, 15) is 0 Å². The van der Waals surface area contributed by atoms with Crippen LogP contribution in [-0.4, -0.2) is 6.85 Å². The van der Waals surface area contributed by atoms with Crippen molar-refractivity contribution >= 4 is 77.7 Å². The number of benzene rings is 7. The summed E-state index contributed by atoms with van der Waals surface area (Å²) in [6.07, 6.45) is 9.49. The zero-order valence-corrected chi connectivity index (χ0v) is 53.2. The highest BCUT2D eigenvalue weighted by molar-refractivity contribution is 7.26. The second kappa shape index (κ2) is 16.0. The van der Waals surface area contributed by atoms with Gasteiger partial charge in [-0.05, 0) is 239 Å². The summed E-state index contributed by atoms with van der Waals surface area (Å²) in [6.45, 7) is 45.0. The second-order valence-electron chi connectivity index (χ2n) is 32.7. The summed E-state index contributed by atoms with van der Waals surface area (Å²) >= 11 is 2.03. The molecule has 4 heteroatoms. The molecule has 0 fully saturated rings. The lowest BCUT2D eigenvalue weighted by Crippen LogP contribution is -2.62. The quantitative estimate of drug-likeness (QED) is 0.159. The van der Waals surface area contributed by atoms with Gasteiger partial charge in [0.15, 0.2) is 0 Å². The largest absolute Gasteiger partial charge is 0.376 e. The van der Waals surface area contributed by atoms with Crippen LogP contribution in [0.15, 0.2) is 103 Å². The first kappa shape index (κ1) is 52.2. The van der Waals surface area contributed by atoms with Gasteiger partial charge in [0.2, 0.25) is 0 Å². The molecule has 2 nitrogen and oxygen atoms in total. The molecule has 7 aliphatic rings. The third kappa shape index (κ3) is 7.04. The van der Waals surface area contributed by atoms with Gasteiger partial charge in [-0.2, -0.15) is 0 Å². The summed E-state index contributed by atoms with van der Waals surface area (Å²) in [5.41, 5.74) is 30.5. The molecule has 0 saturated carbocycles. The summed E-state index contributed by atoms with van der Waals surface area (Å²) in [5, 5.41) is 2.81. The molecule has 0 spiro atoms. The molecule has 0 bridgehead atoms. The molecule has 15 rings (SSSR count). The number of anilines is 5. The lowest BCUT2D eigenvalue weighted by Gasteiger charge is -2.50. The Balaban J connectivity index is 1.13. The van der Waals surface area contributed by atoms with Gasteiger partial charge in [-0.1, -0.05) is 167 Å². The molecule has 414 valence electrons. The van der Waals surface area contributed by atoms with E-state index in [0.29, 0.717) is 0 Å². The summed E-state index contributed by atoms with van der Waals surface area (Å²) in [5.74, 6) is 0. The fourth-order valence-electron chi connectivity index (χ4n) is 17.7. The first-order chi connectivity index (χ1) is 37.8. The first-order valence-corrected chi connectivity index (χ1v) is 32.1. The zero-order valence-electron chi connectivity index (χ0n) is 52.4. The van der Waals surface area contributed by atoms with Crippen molar-refractivity contribution < 1.29 is 0 Å². The molecule has 2 aliphatic heterocycles. The predicted molar refractivity (Wildman–Crippen MR) is 352 cm³/mol. The normalized spacial score (nSPS) is 22.4. The van der Waals surface area contributed by atoms with Crippen LogP contribution in [0.4, 0.5) is 28.4 Å². The van der Waals surface area contributed by atoms with Crippen molar-refractivity contribution in [2.45, 2.75) is 225 Å². The third-order valence-corrected chi connectivity index (χ3v) is 24.6. The van der Waals surface area contributed by atoms with Gasteiger partial charge in [0.05, 0.1) is 0 Å². The maximum atomic E-state index is 2.89. The summed E-state index contributed by atoms with van der Waals surface area (Å²) in [7, 11) is 0. The predicted octanol–water partition coefficient (Wildman–Crippen LogP) is 20.5. The Morgan fingerprint density at radius 2 is 0.815 bits per heavy atom. The Morgan fingerprint density at radius 3 is 1.40 bits per heavy atom. The van der Waals surface area contributed by atoms with E-state index in [2.05, 4.69) is 237 Å². The molecule has 3 heterocycles. The highest BCUT2D eigenvalue weighted by atomic mass is 32.1. The van der Waals surface area contributed by atoms with Crippen molar-refractivity contribution in [1.29, 1.82) is 0 Å². The van der Waals surface area contributed by atoms with Crippen LogP contribution < -0.4 is 20.6 Å². The van der Waals surface area contributed by atoms with E-state index in [-0.39, 0.29) is 55.6 Å². The van der Waals surface area contributed by atoms with E-state index >= 15 is 0 Å². The van der Waals surface area contributed by atoms with E-state index < -0.39 is 0 Å². The Morgan fingerprint density at radius 1 is 0.358 bits per heavy atom. The van der Waals surface area contributed by atoms with Gasteiger partial charge >= 0.3 is 6.85 Å². The number of rotatable bonds is 2. The average Bonchev–Trinajstić information content (AvgIpc) is 2.21. The zero-order chi connectivity index (χ0) is 57.1. The number of nitrogens with zero attached hydrogens (tertiary/aromatic N) is 2. The molecule has 5 aliphatic carbocycles. The highest BCUT2D eigenvalue weighted by Gasteiger charge is 2.53. The van der Waals surface area contributed by atoms with Crippen molar-refractivity contribution in [3.05, 3.63) is 159 Å². The van der Waals surface area contributed by atoms with Crippen molar-refractivity contribution in [2.24, 2.45) is 0 Å². The first-order valence-electron chi connectivity index (χ1n) is 31.3. The van der Waals surface area contributed by atoms with E-state index in [1.807, 2.05) is 11.3 Å². The van der Waals surface area contributed by atoms with Crippen LogP contribution in [0.1, 0.15) is 232 Å². The number of hydrogen-bond donors (Lipinski definition) is 0. The highest BCUT2D eigenvalue weighted by Crippen LogP contribution is 2.61. The van der Waals surface area contributed by atoms with Gasteiger partial charge in [-0.3, -0.25) is 0 Å². The number of thiophene rings is 1. The Hall–Kier alpha value is -5.58. The second-order valence-corrected chi connectivity index (χ2v) is 33.8. The molecule has 81 heavy (non-hydrogen) atoms. The van der Waals surface area contributed by atoms with Crippen molar-refractivity contribution in [1.82, 2.24) is 0 Å². The molecule has 0 radical (unpaired) electrons. The van der Waals surface area contributed by atoms with Gasteiger partial charge in [0, 0.05) is 59.6 Å². The van der Waals surface area contributed by atoms with Crippen LogP contribution in [0, 0.1) is 0 Å². The minimum Gasteiger partial charge on any atom is -0.376 e. The molecular formula is C77H87BN2S. The van der Waals surface area contributed by atoms with E-state index in [1.54, 1.807) is 5.56 Å². The minimum absolute atomic E-state index is 0.0151. The van der Waals surface area contributed by atoms with Crippen LogP contribution in [0.5, 0.6) is 0 Å². The van der Waals surface area contributed by atoms with E-state index in [0.717, 1.165) is 0 Å². The van der Waals surface area contributed by atoms with Crippen LogP contribution in [0.25, 0.3) is 42.4 Å². The fraction of sp³-hybridized carbons (Fsp3) is 0.455. The standard InChI is InChI=1S/C77H87BN2S/c1-69(2)27-29-71(5,6)54-35-44(23-25-52(54)69)79-62-41-58-57(74(11,12)32-33-75(58,13)14)40-60(62)78-68-63(79)39-49-46-21-19-20-22-51(46)77(17,18)67(49)66(68)50-37-47-48-38-56-59(76(15,16)34-31-73(56,9)10)42-64(48)81-65(47)43-61(50)80(78)45-24-26-53-55(36-45)72(7,8)30-28-70(53,3)4/h19-26,35-43H,27-34H2,1-18H3. The fourth-order valence-corrected chi connectivity index (χ4v) is 18.8. The maximum absolute atomic E-state index is 2.89. The molecule has 0 amide bonds. The lowest BCUT2D eigenvalue weighted by molar-refractivity contribution is 0.332. The summed E-state index contributed by atoms with van der Waals surface area (Å²) in [4.78, 5) is 5.69. The molecular weight excluding hydrogens is 996 g/mol. The SMILES string of the molecule is CC1(C)CCC(C)(C)c2cc(N3B4c5cc6c(cc5N(c5ccc7c(c5)C(C)(C)CCC7(C)C)c5cc7c(c(c54)-c4cc5c(cc43)sc3cc4c(cc35)C(C)(C)CCC4(C)C)C(C)(C)c3ccccc3-7)C(C)(C)CCC6(C)C)ccc21. The molecule has 0 atom stereocenters. The van der Waals surface area contributed by atoms with Gasteiger partial charge in [-0.25, -0.2) is 0 Å². The van der Waals surface area contributed by atoms with Gasteiger partial charge in [0.25, 0.3) is 0 Å². The molecule has 0 unspecified atom stereocenters. The third-order valence-electron chi connectivity index (χ3n) is 23.5. The summed E-state index contributed by atoms with van der Waals surface area (Å²) in [6, 6.07) is 43.8. The topological polar surface area (TPSA) is 6.48 Å². The lowest BCUT2D eigenvalue weighted by atomic mass is 9.42. The Labute approximate surface area is 490 Å². The minimum atomic E-state index is -0.254. The average molecular weight is 1080 g/mol. The van der Waals surface area contributed by atoms with E-state index in [1.165, 1.54) is 183 Å².